The average Bonchev–Trinajstić information content (AvgIpc) is 2.61. The number of thioether (sulfide) groups is 1. The van der Waals surface area contributed by atoms with Gasteiger partial charge in [-0.3, -0.25) is 4.79 Å². The van der Waals surface area contributed by atoms with Crippen molar-refractivity contribution >= 4 is 23.4 Å². The van der Waals surface area contributed by atoms with Crippen molar-refractivity contribution in [2.75, 3.05) is 11.1 Å². The van der Waals surface area contributed by atoms with Gasteiger partial charge in [0.25, 0.3) is 0 Å². The Morgan fingerprint density at radius 3 is 2.56 bits per heavy atom. The average molecular weight is 353 g/mol. The number of carbonyl (C=O) groups excluding carboxylic acids is 1. The van der Waals surface area contributed by atoms with Crippen LogP contribution in [-0.2, 0) is 4.79 Å². The number of benzene rings is 2. The van der Waals surface area contributed by atoms with Crippen molar-refractivity contribution in [2.45, 2.75) is 11.9 Å². The summed E-state index contributed by atoms with van der Waals surface area (Å²) in [6, 6.07) is 17.6. The molecule has 1 N–H and O–H groups in total. The Balaban J connectivity index is 1.56. The van der Waals surface area contributed by atoms with Gasteiger partial charge in [0.2, 0.25) is 5.91 Å². The van der Waals surface area contributed by atoms with Crippen molar-refractivity contribution in [3.63, 3.8) is 0 Å². The minimum Gasteiger partial charge on any atom is -0.325 e. The molecule has 1 amide bonds. The number of halogens is 1. The summed E-state index contributed by atoms with van der Waals surface area (Å²) in [7, 11) is 0. The van der Waals surface area contributed by atoms with Crippen molar-refractivity contribution in [1.82, 2.24) is 10.2 Å². The predicted octanol–water partition coefficient (Wildman–Crippen LogP) is 4.32. The highest BCUT2D eigenvalue weighted by Crippen LogP contribution is 2.20. The standard InChI is InChI=1S/C19H16FN3OS/c1-13-5-7-14(8-6-13)17-9-10-19(23-22-17)25-12-18(24)21-16-4-2-3-15(20)11-16/h2-11H,12H2,1H3,(H,21,24). The van der Waals surface area contributed by atoms with Crippen molar-refractivity contribution in [2.24, 2.45) is 0 Å². The Kier molecular flexibility index (Phi) is 5.40. The molecule has 2 aromatic carbocycles. The molecule has 4 nitrogen and oxygen atoms in total. The van der Waals surface area contributed by atoms with E-state index in [0.717, 1.165) is 11.3 Å². The smallest absolute Gasteiger partial charge is 0.234 e. The number of hydrogen-bond donors (Lipinski definition) is 1. The van der Waals surface area contributed by atoms with Gasteiger partial charge in [-0.1, -0.05) is 47.7 Å². The first kappa shape index (κ1) is 17.1. The van der Waals surface area contributed by atoms with E-state index in [0.29, 0.717) is 10.7 Å². The molecule has 0 aliphatic heterocycles. The van der Waals surface area contributed by atoms with Crippen LogP contribution in [0.5, 0.6) is 0 Å². The number of nitrogens with one attached hydrogen (secondary N) is 1. The Morgan fingerprint density at radius 2 is 1.88 bits per heavy atom. The van der Waals surface area contributed by atoms with Gasteiger partial charge in [-0.2, -0.15) is 0 Å². The van der Waals surface area contributed by atoms with Gasteiger partial charge in [-0.15, -0.1) is 10.2 Å². The van der Waals surface area contributed by atoms with Gasteiger partial charge in [0.15, 0.2) is 0 Å². The summed E-state index contributed by atoms with van der Waals surface area (Å²) in [6.07, 6.45) is 0. The van der Waals surface area contributed by atoms with E-state index in [4.69, 9.17) is 0 Å². The Bertz CT molecular complexity index is 867. The number of hydrogen-bond acceptors (Lipinski definition) is 4. The van der Waals surface area contributed by atoms with E-state index in [1.807, 2.05) is 43.3 Å². The number of aromatic nitrogens is 2. The fraction of sp³-hybridized carbons (Fsp3) is 0.105. The van der Waals surface area contributed by atoms with E-state index in [-0.39, 0.29) is 17.5 Å². The van der Waals surface area contributed by atoms with Crippen LogP contribution in [0.2, 0.25) is 0 Å². The lowest BCUT2D eigenvalue weighted by Gasteiger charge is -2.05. The Labute approximate surface area is 149 Å². The number of rotatable bonds is 5. The van der Waals surface area contributed by atoms with Gasteiger partial charge in [0.1, 0.15) is 10.8 Å². The third kappa shape index (κ3) is 4.87. The number of anilines is 1. The molecule has 1 aromatic heterocycles. The van der Waals surface area contributed by atoms with Crippen LogP contribution in [0.1, 0.15) is 5.56 Å². The molecule has 3 aromatic rings. The van der Waals surface area contributed by atoms with E-state index in [1.165, 1.54) is 29.5 Å². The van der Waals surface area contributed by atoms with Crippen LogP contribution in [0.3, 0.4) is 0 Å². The molecule has 0 atom stereocenters. The highest BCUT2D eigenvalue weighted by atomic mass is 32.2. The van der Waals surface area contributed by atoms with Crippen molar-refractivity contribution in [3.05, 3.63) is 72.0 Å². The van der Waals surface area contributed by atoms with Gasteiger partial charge in [-0.25, -0.2) is 4.39 Å². The zero-order valence-corrected chi connectivity index (χ0v) is 14.4. The topological polar surface area (TPSA) is 54.9 Å². The van der Waals surface area contributed by atoms with Crippen LogP contribution in [0.25, 0.3) is 11.3 Å². The molecular formula is C19H16FN3OS. The second-order valence-electron chi connectivity index (χ2n) is 5.47. The molecule has 0 aliphatic rings. The van der Waals surface area contributed by atoms with E-state index < -0.39 is 0 Å². The quantitative estimate of drug-likeness (QED) is 0.694. The van der Waals surface area contributed by atoms with Crippen LogP contribution in [0, 0.1) is 12.7 Å². The fourth-order valence-electron chi connectivity index (χ4n) is 2.18. The molecule has 0 unspecified atom stereocenters. The lowest BCUT2D eigenvalue weighted by Crippen LogP contribution is -2.14. The Morgan fingerprint density at radius 1 is 1.08 bits per heavy atom. The van der Waals surface area contributed by atoms with Crippen molar-refractivity contribution in [1.29, 1.82) is 0 Å². The summed E-state index contributed by atoms with van der Waals surface area (Å²) >= 11 is 1.28. The van der Waals surface area contributed by atoms with Crippen LogP contribution < -0.4 is 5.32 Å². The van der Waals surface area contributed by atoms with E-state index in [1.54, 1.807) is 12.1 Å². The maximum Gasteiger partial charge on any atom is 0.234 e. The monoisotopic (exact) mass is 353 g/mol. The normalized spacial score (nSPS) is 10.5. The summed E-state index contributed by atoms with van der Waals surface area (Å²) < 4.78 is 13.1. The second-order valence-corrected chi connectivity index (χ2v) is 6.47. The second kappa shape index (κ2) is 7.90. The van der Waals surface area contributed by atoms with Crippen LogP contribution in [0.15, 0.2) is 65.7 Å². The van der Waals surface area contributed by atoms with E-state index in [9.17, 15) is 9.18 Å². The molecule has 25 heavy (non-hydrogen) atoms. The summed E-state index contributed by atoms with van der Waals surface area (Å²) in [5.74, 6) is -0.433. The molecule has 1 heterocycles. The van der Waals surface area contributed by atoms with Crippen molar-refractivity contribution in [3.8, 4) is 11.3 Å². The third-order valence-corrected chi connectivity index (χ3v) is 4.37. The maximum atomic E-state index is 13.1. The number of amides is 1. The van der Waals surface area contributed by atoms with Gasteiger partial charge in [0.05, 0.1) is 11.4 Å². The van der Waals surface area contributed by atoms with Gasteiger partial charge >= 0.3 is 0 Å². The molecule has 126 valence electrons. The number of aryl methyl sites for hydroxylation is 1. The minimum absolute atomic E-state index is 0.176. The largest absolute Gasteiger partial charge is 0.325 e. The minimum atomic E-state index is -0.386. The summed E-state index contributed by atoms with van der Waals surface area (Å²) in [5.41, 5.74) is 3.41. The van der Waals surface area contributed by atoms with Gasteiger partial charge in [-0.05, 0) is 37.3 Å². The third-order valence-electron chi connectivity index (χ3n) is 3.45. The first-order valence-electron chi connectivity index (χ1n) is 7.69. The molecule has 3 rings (SSSR count). The molecule has 0 bridgehead atoms. The molecule has 0 radical (unpaired) electrons. The lowest BCUT2D eigenvalue weighted by molar-refractivity contribution is -0.113. The molecule has 0 fully saturated rings. The van der Waals surface area contributed by atoms with Crippen molar-refractivity contribution < 1.29 is 9.18 Å². The molecule has 0 spiro atoms. The molecule has 0 saturated carbocycles. The summed E-state index contributed by atoms with van der Waals surface area (Å²) in [5, 5.41) is 11.6. The van der Waals surface area contributed by atoms with E-state index >= 15 is 0 Å². The predicted molar refractivity (Wildman–Crippen MR) is 98.0 cm³/mol. The zero-order valence-electron chi connectivity index (χ0n) is 13.6. The first-order chi connectivity index (χ1) is 12.1. The van der Waals surface area contributed by atoms with Crippen LogP contribution >= 0.6 is 11.8 Å². The number of carbonyl (C=O) groups is 1. The van der Waals surface area contributed by atoms with Gasteiger partial charge in [0, 0.05) is 11.3 Å². The molecule has 0 aliphatic carbocycles. The van der Waals surface area contributed by atoms with Crippen LogP contribution in [-0.4, -0.2) is 21.9 Å². The molecule has 6 heteroatoms. The lowest BCUT2D eigenvalue weighted by atomic mass is 10.1. The number of nitrogens with zero attached hydrogens (tertiary/aromatic N) is 2. The molecule has 0 saturated heterocycles. The highest BCUT2D eigenvalue weighted by Gasteiger charge is 2.06. The SMILES string of the molecule is Cc1ccc(-c2ccc(SCC(=O)Nc3cccc(F)c3)nn2)cc1. The summed E-state index contributed by atoms with van der Waals surface area (Å²) in [6.45, 7) is 2.03. The summed E-state index contributed by atoms with van der Waals surface area (Å²) in [4.78, 5) is 11.9. The first-order valence-corrected chi connectivity index (χ1v) is 8.68. The Hall–Kier alpha value is -2.73. The van der Waals surface area contributed by atoms with Crippen LogP contribution in [0.4, 0.5) is 10.1 Å². The van der Waals surface area contributed by atoms with Gasteiger partial charge < -0.3 is 5.32 Å². The maximum absolute atomic E-state index is 13.1. The highest BCUT2D eigenvalue weighted by molar-refractivity contribution is 7.99. The zero-order chi connectivity index (χ0) is 17.6. The van der Waals surface area contributed by atoms with E-state index in [2.05, 4.69) is 15.5 Å². The fourth-order valence-corrected chi connectivity index (χ4v) is 2.79. The molecular weight excluding hydrogens is 337 g/mol.